The van der Waals surface area contributed by atoms with Gasteiger partial charge >= 0.3 is 6.03 Å². The molecule has 0 bridgehead atoms. The average molecular weight is 309 g/mol. The number of hydrogen-bond donors (Lipinski definition) is 4. The molecule has 0 saturated heterocycles. The highest BCUT2D eigenvalue weighted by atomic mass is 16.2. The van der Waals surface area contributed by atoms with Crippen LogP contribution in [0.25, 0.3) is 11.3 Å². The zero-order valence-electron chi connectivity index (χ0n) is 12.8. The summed E-state index contributed by atoms with van der Waals surface area (Å²) >= 11 is 0. The number of benzene rings is 1. The molecule has 5 N–H and O–H groups in total. The third-order valence-electron chi connectivity index (χ3n) is 3.01. The maximum atomic E-state index is 12.0. The number of nitrogens with one attached hydrogen (secondary N) is 3. The van der Waals surface area contributed by atoms with Gasteiger partial charge in [-0.1, -0.05) is 36.9 Å². The Morgan fingerprint density at radius 2 is 2.26 bits per heavy atom. The van der Waals surface area contributed by atoms with Gasteiger partial charge in [-0.2, -0.15) is 0 Å². The van der Waals surface area contributed by atoms with Gasteiger partial charge in [0.2, 0.25) is 0 Å². The fraction of sp³-hybridized carbons (Fsp3) is 0.0588. The Morgan fingerprint density at radius 3 is 2.91 bits per heavy atom. The SMILES string of the molecule is C=C/C=C\C(=C/C)NC(=O)Nc1cccc(-c2cnc(N)[nH]2)c1. The van der Waals surface area contributed by atoms with Crippen molar-refractivity contribution in [3.63, 3.8) is 0 Å². The van der Waals surface area contributed by atoms with E-state index in [1.165, 1.54) is 0 Å². The number of urea groups is 1. The lowest BCUT2D eigenvalue weighted by atomic mass is 10.1. The van der Waals surface area contributed by atoms with Crippen molar-refractivity contribution in [2.75, 3.05) is 11.1 Å². The number of H-pyrrole nitrogens is 1. The van der Waals surface area contributed by atoms with Crippen LogP contribution in [0.2, 0.25) is 0 Å². The molecule has 0 radical (unpaired) electrons. The number of hydrogen-bond acceptors (Lipinski definition) is 3. The van der Waals surface area contributed by atoms with Crippen molar-refractivity contribution >= 4 is 17.7 Å². The van der Waals surface area contributed by atoms with Crippen molar-refractivity contribution in [2.24, 2.45) is 0 Å². The summed E-state index contributed by atoms with van der Waals surface area (Å²) in [5.41, 5.74) is 8.59. The zero-order valence-corrected chi connectivity index (χ0v) is 12.8. The molecule has 1 aromatic carbocycles. The lowest BCUT2D eigenvalue weighted by Crippen LogP contribution is -2.27. The lowest BCUT2D eigenvalue weighted by molar-refractivity contribution is 0.254. The second-order valence-corrected chi connectivity index (χ2v) is 4.68. The first-order valence-corrected chi connectivity index (χ1v) is 7.06. The van der Waals surface area contributed by atoms with Gasteiger partial charge in [-0.25, -0.2) is 9.78 Å². The van der Waals surface area contributed by atoms with Crippen molar-refractivity contribution in [2.45, 2.75) is 6.92 Å². The van der Waals surface area contributed by atoms with Crippen molar-refractivity contribution in [1.82, 2.24) is 15.3 Å². The Balaban J connectivity index is 2.07. The molecule has 118 valence electrons. The van der Waals surface area contributed by atoms with Gasteiger partial charge in [0.1, 0.15) is 0 Å². The van der Waals surface area contributed by atoms with Crippen LogP contribution in [0.15, 0.2) is 67.0 Å². The van der Waals surface area contributed by atoms with Crippen molar-refractivity contribution < 1.29 is 4.79 Å². The summed E-state index contributed by atoms with van der Waals surface area (Å²) in [7, 11) is 0. The number of anilines is 2. The van der Waals surface area contributed by atoms with Crippen LogP contribution in [0.5, 0.6) is 0 Å². The number of aromatic amines is 1. The van der Waals surface area contributed by atoms with E-state index in [0.717, 1.165) is 11.3 Å². The summed E-state index contributed by atoms with van der Waals surface area (Å²) in [5, 5.41) is 5.53. The van der Waals surface area contributed by atoms with E-state index in [0.29, 0.717) is 17.3 Å². The standard InChI is InChI=1S/C17H19N5O/c1-3-5-8-13(4-2)20-17(23)21-14-9-6-7-12(10-14)15-11-19-16(18)22-15/h3-11H,1H2,2H3,(H3,18,19,22)(H2,20,21,23)/b8-5-,13-4+. The number of aromatic nitrogens is 2. The van der Waals surface area contributed by atoms with E-state index in [1.54, 1.807) is 36.6 Å². The molecule has 2 rings (SSSR count). The zero-order chi connectivity index (χ0) is 16.7. The Kier molecular flexibility index (Phi) is 5.35. The van der Waals surface area contributed by atoms with Crippen LogP contribution in [-0.2, 0) is 0 Å². The van der Waals surface area contributed by atoms with Gasteiger partial charge in [-0.05, 0) is 25.1 Å². The number of carbonyl (C=O) groups is 1. The maximum absolute atomic E-state index is 12.0. The molecule has 0 fully saturated rings. The molecular formula is C17H19N5O. The predicted octanol–water partition coefficient (Wildman–Crippen LogP) is 3.43. The number of nitrogens with zero attached hydrogens (tertiary/aromatic N) is 1. The minimum Gasteiger partial charge on any atom is -0.369 e. The molecular weight excluding hydrogens is 290 g/mol. The molecule has 2 amide bonds. The molecule has 23 heavy (non-hydrogen) atoms. The van der Waals surface area contributed by atoms with Gasteiger partial charge in [0.25, 0.3) is 0 Å². The molecule has 0 atom stereocenters. The quantitative estimate of drug-likeness (QED) is 0.637. The molecule has 0 aliphatic rings. The monoisotopic (exact) mass is 309 g/mol. The van der Waals surface area contributed by atoms with E-state index in [2.05, 4.69) is 27.2 Å². The largest absolute Gasteiger partial charge is 0.369 e. The fourth-order valence-electron chi connectivity index (χ4n) is 1.92. The highest BCUT2D eigenvalue weighted by molar-refractivity contribution is 5.91. The van der Waals surface area contributed by atoms with Gasteiger partial charge in [0.15, 0.2) is 5.95 Å². The minimum absolute atomic E-state index is 0.326. The van der Waals surface area contributed by atoms with E-state index in [4.69, 9.17) is 5.73 Å². The van der Waals surface area contributed by atoms with Crippen molar-refractivity contribution in [1.29, 1.82) is 0 Å². The number of allylic oxidation sites excluding steroid dienone is 4. The second-order valence-electron chi connectivity index (χ2n) is 4.68. The highest BCUT2D eigenvalue weighted by Gasteiger charge is 2.05. The van der Waals surface area contributed by atoms with E-state index < -0.39 is 0 Å². The van der Waals surface area contributed by atoms with Gasteiger partial charge < -0.3 is 21.4 Å². The molecule has 0 unspecified atom stereocenters. The van der Waals surface area contributed by atoms with E-state index in [9.17, 15) is 4.79 Å². The molecule has 0 aliphatic carbocycles. The summed E-state index contributed by atoms with van der Waals surface area (Å²) in [6, 6.07) is 7.06. The Hall–Kier alpha value is -3.28. The Morgan fingerprint density at radius 1 is 1.43 bits per heavy atom. The van der Waals surface area contributed by atoms with Gasteiger partial charge in [0, 0.05) is 16.9 Å². The first-order valence-electron chi connectivity index (χ1n) is 7.06. The first kappa shape index (κ1) is 16.1. The number of imidazole rings is 1. The molecule has 1 heterocycles. The first-order chi connectivity index (χ1) is 11.1. The molecule has 6 nitrogen and oxygen atoms in total. The Labute approximate surface area is 134 Å². The summed E-state index contributed by atoms with van der Waals surface area (Å²) < 4.78 is 0. The number of nitrogen functional groups attached to an aromatic ring is 1. The Bertz CT molecular complexity index is 758. The third kappa shape index (κ3) is 4.60. The average Bonchev–Trinajstić information content (AvgIpc) is 2.98. The van der Waals surface area contributed by atoms with Crippen LogP contribution in [0.1, 0.15) is 6.92 Å². The lowest BCUT2D eigenvalue weighted by Gasteiger charge is -2.09. The van der Waals surface area contributed by atoms with Gasteiger partial charge in [-0.15, -0.1) is 0 Å². The minimum atomic E-state index is -0.326. The van der Waals surface area contributed by atoms with Crippen molar-refractivity contribution in [3.8, 4) is 11.3 Å². The van der Waals surface area contributed by atoms with Crippen molar-refractivity contribution in [3.05, 3.63) is 67.0 Å². The second kappa shape index (κ2) is 7.65. The number of rotatable bonds is 5. The molecule has 6 heteroatoms. The molecule has 0 aliphatic heterocycles. The predicted molar refractivity (Wildman–Crippen MR) is 93.7 cm³/mol. The molecule has 0 spiro atoms. The normalized spacial score (nSPS) is 11.4. The number of nitrogens with two attached hydrogens (primary N) is 1. The van der Waals surface area contributed by atoms with E-state index in [-0.39, 0.29) is 6.03 Å². The van der Waals surface area contributed by atoms with E-state index in [1.807, 2.05) is 25.1 Å². The topological polar surface area (TPSA) is 95.8 Å². The van der Waals surface area contributed by atoms with Gasteiger partial charge in [0.05, 0.1) is 11.9 Å². The fourth-order valence-corrected chi connectivity index (χ4v) is 1.92. The van der Waals surface area contributed by atoms with Crippen LogP contribution in [0.4, 0.5) is 16.4 Å². The van der Waals surface area contributed by atoms with Crippen LogP contribution < -0.4 is 16.4 Å². The molecule has 0 saturated carbocycles. The third-order valence-corrected chi connectivity index (χ3v) is 3.01. The molecule has 1 aromatic heterocycles. The highest BCUT2D eigenvalue weighted by Crippen LogP contribution is 2.21. The van der Waals surface area contributed by atoms with Crippen LogP contribution in [-0.4, -0.2) is 16.0 Å². The molecule has 2 aromatic rings. The van der Waals surface area contributed by atoms with Crippen LogP contribution in [0, 0.1) is 0 Å². The van der Waals surface area contributed by atoms with E-state index >= 15 is 0 Å². The number of carbonyl (C=O) groups excluding carboxylic acids is 1. The smallest absolute Gasteiger partial charge is 0.323 e. The summed E-state index contributed by atoms with van der Waals surface area (Å²) in [6.45, 7) is 5.43. The summed E-state index contributed by atoms with van der Waals surface area (Å²) in [4.78, 5) is 18.9. The van der Waals surface area contributed by atoms with Crippen LogP contribution in [0.3, 0.4) is 0 Å². The summed E-state index contributed by atoms with van der Waals surface area (Å²) in [5.74, 6) is 0.350. The van der Waals surface area contributed by atoms with Crippen LogP contribution >= 0.6 is 0 Å². The summed E-state index contributed by atoms with van der Waals surface area (Å²) in [6.07, 6.45) is 8.59. The van der Waals surface area contributed by atoms with Gasteiger partial charge in [-0.3, -0.25) is 0 Å². The number of amides is 2. The maximum Gasteiger partial charge on any atom is 0.323 e.